The second-order valence-electron chi connectivity index (χ2n) is 4.94. The van der Waals surface area contributed by atoms with E-state index in [0.29, 0.717) is 0 Å². The van der Waals surface area contributed by atoms with Crippen molar-refractivity contribution in [2.75, 3.05) is 12.4 Å². The first kappa shape index (κ1) is 19.0. The number of carboxylic acids is 1. The molecule has 0 radical (unpaired) electrons. The summed E-state index contributed by atoms with van der Waals surface area (Å²) in [5, 5.41) is 10.9. The van der Waals surface area contributed by atoms with Gasteiger partial charge in [-0.3, -0.25) is 4.79 Å². The SMILES string of the molecule is CC(C)(C)OCCC(NC(=O)CSC(F)(F)F)C(=O)O. The molecule has 9 heteroatoms. The molecule has 2 N–H and O–H groups in total. The maximum Gasteiger partial charge on any atom is 0.442 e. The Morgan fingerprint density at radius 2 is 1.85 bits per heavy atom. The molecule has 1 unspecified atom stereocenters. The minimum absolute atomic E-state index is 0.0188. The van der Waals surface area contributed by atoms with Crippen molar-refractivity contribution < 1.29 is 32.6 Å². The standard InChI is InChI=1S/C11H18F3NO4S/c1-10(2,3)19-5-4-7(9(17)18)15-8(16)6-20-11(12,13)14/h7H,4-6H2,1-3H3,(H,15,16)(H,17,18). The molecule has 0 saturated carbocycles. The fourth-order valence-electron chi connectivity index (χ4n) is 1.12. The van der Waals surface area contributed by atoms with Gasteiger partial charge >= 0.3 is 11.5 Å². The van der Waals surface area contributed by atoms with Gasteiger partial charge in [-0.15, -0.1) is 0 Å². The molecule has 118 valence electrons. The lowest BCUT2D eigenvalue weighted by Crippen LogP contribution is -2.43. The quantitative estimate of drug-likeness (QED) is 0.751. The Bertz CT molecular complexity index is 342. The van der Waals surface area contributed by atoms with Crippen molar-refractivity contribution in [3.05, 3.63) is 0 Å². The van der Waals surface area contributed by atoms with E-state index < -0.39 is 46.5 Å². The zero-order chi connectivity index (χ0) is 16.0. The minimum Gasteiger partial charge on any atom is -0.480 e. The Hall–Kier alpha value is -0.960. The first-order valence-corrected chi connectivity index (χ1v) is 6.76. The van der Waals surface area contributed by atoms with E-state index in [9.17, 15) is 22.8 Å². The summed E-state index contributed by atoms with van der Waals surface area (Å²) < 4.78 is 41.0. The van der Waals surface area contributed by atoms with Gasteiger partial charge in [-0.05, 0) is 32.5 Å². The second kappa shape index (κ2) is 7.72. The van der Waals surface area contributed by atoms with Crippen molar-refractivity contribution in [1.82, 2.24) is 5.32 Å². The zero-order valence-corrected chi connectivity index (χ0v) is 12.2. The highest BCUT2D eigenvalue weighted by Crippen LogP contribution is 2.29. The largest absolute Gasteiger partial charge is 0.480 e. The van der Waals surface area contributed by atoms with Gasteiger partial charge < -0.3 is 15.2 Å². The number of carbonyl (C=O) groups is 2. The lowest BCUT2D eigenvalue weighted by Gasteiger charge is -2.21. The van der Waals surface area contributed by atoms with Gasteiger partial charge in [-0.1, -0.05) is 0 Å². The topological polar surface area (TPSA) is 75.6 Å². The third kappa shape index (κ3) is 10.9. The molecule has 0 heterocycles. The summed E-state index contributed by atoms with van der Waals surface area (Å²) in [5.74, 6) is -3.16. The summed E-state index contributed by atoms with van der Waals surface area (Å²) in [6.45, 7) is 5.41. The van der Waals surface area contributed by atoms with Crippen molar-refractivity contribution >= 4 is 23.6 Å². The van der Waals surface area contributed by atoms with Crippen LogP contribution in [0, 0.1) is 0 Å². The predicted molar refractivity (Wildman–Crippen MR) is 68.4 cm³/mol. The lowest BCUT2D eigenvalue weighted by molar-refractivity contribution is -0.142. The molecule has 5 nitrogen and oxygen atoms in total. The number of alkyl halides is 3. The molecule has 0 rings (SSSR count). The molecule has 0 aromatic heterocycles. The molecule has 0 saturated heterocycles. The van der Waals surface area contributed by atoms with Crippen LogP contribution in [-0.4, -0.2) is 46.5 Å². The van der Waals surface area contributed by atoms with E-state index in [2.05, 4.69) is 0 Å². The molecule has 20 heavy (non-hydrogen) atoms. The van der Waals surface area contributed by atoms with Crippen molar-refractivity contribution in [1.29, 1.82) is 0 Å². The van der Waals surface area contributed by atoms with Gasteiger partial charge in [0, 0.05) is 13.0 Å². The maximum absolute atomic E-state index is 11.9. The molecule has 0 fully saturated rings. The van der Waals surface area contributed by atoms with E-state index in [1.807, 2.05) is 5.32 Å². The van der Waals surface area contributed by atoms with Gasteiger partial charge in [0.05, 0.1) is 11.4 Å². The molecular weight excluding hydrogens is 299 g/mol. The van der Waals surface area contributed by atoms with Gasteiger partial charge in [-0.2, -0.15) is 13.2 Å². The van der Waals surface area contributed by atoms with Crippen LogP contribution in [0.15, 0.2) is 0 Å². The second-order valence-corrected chi connectivity index (χ2v) is 5.98. The van der Waals surface area contributed by atoms with Gasteiger partial charge in [-0.25, -0.2) is 4.79 Å². The average molecular weight is 317 g/mol. The summed E-state index contributed by atoms with van der Waals surface area (Å²) >= 11 is -0.513. The number of nitrogens with one attached hydrogen (secondary N) is 1. The average Bonchev–Trinajstić information content (AvgIpc) is 2.22. The molecule has 0 bridgehead atoms. The number of aliphatic carboxylic acids is 1. The molecule has 1 atom stereocenters. The van der Waals surface area contributed by atoms with Crippen molar-refractivity contribution in [3.8, 4) is 0 Å². The van der Waals surface area contributed by atoms with Crippen LogP contribution in [-0.2, 0) is 14.3 Å². The highest BCUT2D eigenvalue weighted by molar-refractivity contribution is 8.00. The Morgan fingerprint density at radius 3 is 2.25 bits per heavy atom. The number of rotatable bonds is 7. The smallest absolute Gasteiger partial charge is 0.442 e. The van der Waals surface area contributed by atoms with Gasteiger partial charge in [0.2, 0.25) is 5.91 Å². The molecule has 0 aliphatic rings. The monoisotopic (exact) mass is 317 g/mol. The summed E-state index contributed by atoms with van der Waals surface area (Å²) in [6.07, 6.45) is -0.0188. The van der Waals surface area contributed by atoms with Crippen molar-refractivity contribution in [2.45, 2.75) is 44.3 Å². The molecule has 0 aromatic carbocycles. The summed E-state index contributed by atoms with van der Waals surface area (Å²) in [7, 11) is 0. The summed E-state index contributed by atoms with van der Waals surface area (Å²) in [6, 6.07) is -1.27. The van der Waals surface area contributed by atoms with Crippen LogP contribution in [0.4, 0.5) is 13.2 Å². The molecule has 1 amide bonds. The minimum atomic E-state index is -4.52. The summed E-state index contributed by atoms with van der Waals surface area (Å²) in [5.41, 5.74) is -4.98. The Morgan fingerprint density at radius 1 is 1.30 bits per heavy atom. The van der Waals surface area contributed by atoms with Crippen LogP contribution in [0.1, 0.15) is 27.2 Å². The van der Waals surface area contributed by atoms with Crippen molar-refractivity contribution in [2.24, 2.45) is 0 Å². The van der Waals surface area contributed by atoms with E-state index in [1.54, 1.807) is 20.8 Å². The third-order valence-electron chi connectivity index (χ3n) is 1.94. The first-order valence-electron chi connectivity index (χ1n) is 5.77. The predicted octanol–water partition coefficient (Wildman–Crippen LogP) is 2.01. The number of carboxylic acid groups (broad SMARTS) is 1. The maximum atomic E-state index is 11.9. The van der Waals surface area contributed by atoms with Gasteiger partial charge in [0.25, 0.3) is 0 Å². The van der Waals surface area contributed by atoms with Gasteiger partial charge in [0.1, 0.15) is 6.04 Å². The van der Waals surface area contributed by atoms with Crippen LogP contribution in [0.5, 0.6) is 0 Å². The molecule has 0 aromatic rings. The van der Waals surface area contributed by atoms with Gasteiger partial charge in [0.15, 0.2) is 0 Å². The first-order chi connectivity index (χ1) is 8.91. The van der Waals surface area contributed by atoms with Crippen molar-refractivity contribution in [3.63, 3.8) is 0 Å². The number of thioether (sulfide) groups is 1. The van der Waals surface area contributed by atoms with Crippen LogP contribution < -0.4 is 5.32 Å². The van der Waals surface area contributed by atoms with E-state index in [1.165, 1.54) is 0 Å². The lowest BCUT2D eigenvalue weighted by atomic mass is 10.2. The van der Waals surface area contributed by atoms with Crippen LogP contribution >= 0.6 is 11.8 Å². The third-order valence-corrected chi connectivity index (χ3v) is 2.68. The molecular formula is C11H18F3NO4S. The zero-order valence-electron chi connectivity index (χ0n) is 11.4. The number of carbonyl (C=O) groups excluding carboxylic acids is 1. The van der Waals surface area contributed by atoms with Crippen LogP contribution in [0.2, 0.25) is 0 Å². The number of hydrogen-bond acceptors (Lipinski definition) is 4. The van der Waals surface area contributed by atoms with E-state index in [-0.39, 0.29) is 13.0 Å². The summed E-state index contributed by atoms with van der Waals surface area (Å²) in [4.78, 5) is 22.1. The van der Waals surface area contributed by atoms with Crippen LogP contribution in [0.3, 0.4) is 0 Å². The highest BCUT2D eigenvalue weighted by Gasteiger charge is 2.30. The molecule has 0 spiro atoms. The number of halogens is 3. The van der Waals surface area contributed by atoms with E-state index in [4.69, 9.17) is 9.84 Å². The fourth-order valence-corrected chi connectivity index (χ4v) is 1.50. The normalized spacial score (nSPS) is 13.9. The molecule has 0 aliphatic carbocycles. The van der Waals surface area contributed by atoms with E-state index in [0.717, 1.165) is 0 Å². The Labute approximate surface area is 119 Å². The fraction of sp³-hybridized carbons (Fsp3) is 0.818. The Balaban J connectivity index is 4.21. The number of hydrogen-bond donors (Lipinski definition) is 2. The number of amides is 1. The number of ether oxygens (including phenoxy) is 1. The molecule has 0 aliphatic heterocycles. The highest BCUT2D eigenvalue weighted by atomic mass is 32.2. The van der Waals surface area contributed by atoms with E-state index >= 15 is 0 Å². The Kier molecular flexibility index (Phi) is 7.35. The van der Waals surface area contributed by atoms with Crippen LogP contribution in [0.25, 0.3) is 0 Å².